The molecule has 0 aromatic heterocycles. The number of hydrogen-bond donors (Lipinski definition) is 0. The van der Waals surface area contributed by atoms with Gasteiger partial charge in [-0.05, 0) is 45.9 Å². The van der Waals surface area contributed by atoms with Crippen LogP contribution < -0.4 is 0 Å². The number of rotatable bonds is 3. The van der Waals surface area contributed by atoms with Gasteiger partial charge in [0, 0.05) is 5.54 Å². The highest BCUT2D eigenvalue weighted by atomic mass is 16.7. The third-order valence-corrected chi connectivity index (χ3v) is 6.49. The topological polar surface area (TPSA) is 25.0 Å². The van der Waals surface area contributed by atoms with E-state index in [-0.39, 0.29) is 5.54 Å². The van der Waals surface area contributed by atoms with E-state index >= 15 is 0 Å². The molecule has 0 saturated carbocycles. The third kappa shape index (κ3) is 2.03. The maximum atomic E-state index is 6.65. The lowest BCUT2D eigenvalue weighted by atomic mass is 9.76. The maximum absolute atomic E-state index is 6.65. The summed E-state index contributed by atoms with van der Waals surface area (Å²) in [6, 6.07) is 21.0. The van der Waals surface area contributed by atoms with E-state index in [2.05, 4.69) is 88.2 Å². The molecule has 0 radical (unpaired) electrons. The first-order valence-corrected chi connectivity index (χ1v) is 8.97. The van der Waals surface area contributed by atoms with E-state index in [1.54, 1.807) is 0 Å². The van der Waals surface area contributed by atoms with Crippen LogP contribution >= 0.6 is 0 Å². The molecule has 0 aliphatic carbocycles. The molecule has 0 spiro atoms. The first kappa shape index (κ1) is 16.8. The smallest absolute Gasteiger partial charge is 0.152 e. The number of benzene rings is 2. The van der Waals surface area contributed by atoms with Crippen LogP contribution in [0.15, 0.2) is 60.7 Å². The second kappa shape index (κ2) is 5.16. The molecule has 2 aliphatic heterocycles. The van der Waals surface area contributed by atoms with Gasteiger partial charge in [-0.15, -0.1) is 0 Å². The highest BCUT2D eigenvalue weighted by Gasteiger charge is 2.79. The molecule has 3 heteroatoms. The van der Waals surface area contributed by atoms with Gasteiger partial charge in [0.1, 0.15) is 5.60 Å². The van der Waals surface area contributed by atoms with E-state index in [0.29, 0.717) is 6.61 Å². The highest BCUT2D eigenvalue weighted by Crippen LogP contribution is 2.67. The molecular formula is C22H27NO2. The van der Waals surface area contributed by atoms with Crippen molar-refractivity contribution in [3.63, 3.8) is 0 Å². The van der Waals surface area contributed by atoms with Crippen molar-refractivity contribution in [3.8, 4) is 0 Å². The van der Waals surface area contributed by atoms with Gasteiger partial charge in [0.05, 0.1) is 6.61 Å². The standard InChI is InChI=1S/C22H27NO2/c1-19(2)16-24-21(4,23(19)5)20(3)22(25-20,17-12-8-6-9-13-17)18-14-10-7-11-15-18/h6-15H,16H2,1-5H3. The van der Waals surface area contributed by atoms with Gasteiger partial charge < -0.3 is 9.47 Å². The second-order valence-corrected chi connectivity index (χ2v) is 8.19. The molecule has 2 atom stereocenters. The summed E-state index contributed by atoms with van der Waals surface area (Å²) in [5.41, 5.74) is 0.827. The van der Waals surface area contributed by atoms with Gasteiger partial charge in [0.25, 0.3) is 0 Å². The average molecular weight is 337 g/mol. The second-order valence-electron chi connectivity index (χ2n) is 8.19. The Morgan fingerprint density at radius 2 is 1.28 bits per heavy atom. The van der Waals surface area contributed by atoms with Gasteiger partial charge in [-0.3, -0.25) is 4.90 Å². The largest absolute Gasteiger partial charge is 0.356 e. The van der Waals surface area contributed by atoms with Gasteiger partial charge in [-0.2, -0.15) is 0 Å². The van der Waals surface area contributed by atoms with Crippen LogP contribution in [0.5, 0.6) is 0 Å². The van der Waals surface area contributed by atoms with Gasteiger partial charge in [-0.25, -0.2) is 0 Å². The van der Waals surface area contributed by atoms with Gasteiger partial charge >= 0.3 is 0 Å². The van der Waals surface area contributed by atoms with E-state index in [1.165, 1.54) is 11.1 Å². The van der Waals surface area contributed by atoms with Crippen LogP contribution in [0.25, 0.3) is 0 Å². The number of likely N-dealkylation sites (N-methyl/N-ethyl adjacent to an activating group) is 1. The Morgan fingerprint density at radius 1 is 0.800 bits per heavy atom. The molecule has 2 fully saturated rings. The zero-order valence-electron chi connectivity index (χ0n) is 15.7. The van der Waals surface area contributed by atoms with Crippen molar-refractivity contribution >= 4 is 0 Å². The van der Waals surface area contributed by atoms with E-state index in [0.717, 1.165) is 0 Å². The van der Waals surface area contributed by atoms with E-state index in [1.807, 2.05) is 12.1 Å². The molecule has 0 amide bonds. The third-order valence-electron chi connectivity index (χ3n) is 6.49. The number of nitrogens with zero attached hydrogens (tertiary/aromatic N) is 1. The number of hydrogen-bond acceptors (Lipinski definition) is 3. The predicted octanol–water partition coefficient (Wildman–Crippen LogP) is 4.18. The lowest BCUT2D eigenvalue weighted by Gasteiger charge is -2.41. The van der Waals surface area contributed by atoms with Crippen molar-refractivity contribution in [1.82, 2.24) is 4.90 Å². The summed E-state index contributed by atoms with van der Waals surface area (Å²) in [6.45, 7) is 9.48. The normalized spacial score (nSPS) is 33.3. The molecule has 2 heterocycles. The lowest BCUT2D eigenvalue weighted by Crippen LogP contribution is -2.57. The van der Waals surface area contributed by atoms with Crippen LogP contribution in [0, 0.1) is 0 Å². The Morgan fingerprint density at radius 3 is 1.68 bits per heavy atom. The van der Waals surface area contributed by atoms with Crippen LogP contribution in [0.2, 0.25) is 0 Å². The van der Waals surface area contributed by atoms with Gasteiger partial charge in [0.15, 0.2) is 11.3 Å². The maximum Gasteiger partial charge on any atom is 0.152 e. The number of ether oxygens (including phenoxy) is 2. The molecule has 3 nitrogen and oxygen atoms in total. The summed E-state index contributed by atoms with van der Waals surface area (Å²) >= 11 is 0. The first-order valence-electron chi connectivity index (χ1n) is 8.97. The fraction of sp³-hybridized carbons (Fsp3) is 0.455. The van der Waals surface area contributed by atoms with E-state index in [9.17, 15) is 0 Å². The zero-order chi connectivity index (χ0) is 17.9. The first-order chi connectivity index (χ1) is 11.8. The molecule has 25 heavy (non-hydrogen) atoms. The SMILES string of the molecule is CN1C(C)(C)COC1(C)C1(C)OC1(c1ccccc1)c1ccccc1. The number of epoxide rings is 1. The van der Waals surface area contributed by atoms with Crippen LogP contribution in [-0.4, -0.2) is 35.4 Å². The van der Waals surface area contributed by atoms with Crippen LogP contribution in [0.4, 0.5) is 0 Å². The fourth-order valence-electron chi connectivity index (χ4n) is 4.43. The molecule has 2 aromatic rings. The molecule has 2 saturated heterocycles. The summed E-state index contributed by atoms with van der Waals surface area (Å²) in [5, 5.41) is 0. The summed E-state index contributed by atoms with van der Waals surface area (Å²) in [4.78, 5) is 2.33. The molecule has 132 valence electrons. The summed E-state index contributed by atoms with van der Waals surface area (Å²) in [6.07, 6.45) is 0. The van der Waals surface area contributed by atoms with Crippen LogP contribution in [0.3, 0.4) is 0 Å². The Hall–Kier alpha value is -1.68. The molecular weight excluding hydrogens is 310 g/mol. The minimum absolute atomic E-state index is 0.0250. The van der Waals surface area contributed by atoms with Crippen molar-refractivity contribution in [2.45, 2.75) is 50.2 Å². The van der Waals surface area contributed by atoms with Crippen LogP contribution in [-0.2, 0) is 15.1 Å². The minimum Gasteiger partial charge on any atom is -0.356 e. The van der Waals surface area contributed by atoms with E-state index < -0.39 is 16.9 Å². The molecule has 0 bridgehead atoms. The van der Waals surface area contributed by atoms with Crippen molar-refractivity contribution in [3.05, 3.63) is 71.8 Å². The fourth-order valence-corrected chi connectivity index (χ4v) is 4.43. The quantitative estimate of drug-likeness (QED) is 0.786. The monoisotopic (exact) mass is 337 g/mol. The van der Waals surface area contributed by atoms with Gasteiger partial charge in [0.2, 0.25) is 0 Å². The van der Waals surface area contributed by atoms with E-state index in [4.69, 9.17) is 9.47 Å². The predicted molar refractivity (Wildman–Crippen MR) is 99.4 cm³/mol. The van der Waals surface area contributed by atoms with Crippen molar-refractivity contribution in [1.29, 1.82) is 0 Å². The Balaban J connectivity index is 1.87. The molecule has 0 N–H and O–H groups in total. The van der Waals surface area contributed by atoms with Gasteiger partial charge in [-0.1, -0.05) is 60.7 Å². The summed E-state index contributed by atoms with van der Waals surface area (Å²) < 4.78 is 13.0. The molecule has 2 aliphatic rings. The van der Waals surface area contributed by atoms with Crippen molar-refractivity contribution in [2.75, 3.05) is 13.7 Å². The molecule has 2 aromatic carbocycles. The van der Waals surface area contributed by atoms with Crippen molar-refractivity contribution in [2.24, 2.45) is 0 Å². The molecule has 2 unspecified atom stereocenters. The lowest BCUT2D eigenvalue weighted by molar-refractivity contribution is -0.114. The van der Waals surface area contributed by atoms with Crippen LogP contribution in [0.1, 0.15) is 38.8 Å². The summed E-state index contributed by atoms with van der Waals surface area (Å²) in [7, 11) is 2.14. The molecule has 4 rings (SSSR count). The Bertz CT molecular complexity index is 734. The zero-order valence-corrected chi connectivity index (χ0v) is 15.7. The Kier molecular flexibility index (Phi) is 3.46. The van der Waals surface area contributed by atoms with Crippen molar-refractivity contribution < 1.29 is 9.47 Å². The highest BCUT2D eigenvalue weighted by molar-refractivity contribution is 5.48. The minimum atomic E-state index is -0.512. The Labute approximate surface area is 150 Å². The summed E-state index contributed by atoms with van der Waals surface area (Å²) in [5.74, 6) is 0. The average Bonchev–Trinajstić information content (AvgIpc) is 3.23.